The zero-order chi connectivity index (χ0) is 13.7. The number of aromatic hydroxyl groups is 1. The van der Waals surface area contributed by atoms with Crippen molar-refractivity contribution >= 4 is 0 Å². The van der Waals surface area contributed by atoms with Crippen LogP contribution >= 0.6 is 0 Å². The summed E-state index contributed by atoms with van der Waals surface area (Å²) in [5, 5.41) is 9.95. The lowest BCUT2D eigenvalue weighted by Gasteiger charge is -2.48. The molecule has 1 aromatic carbocycles. The van der Waals surface area contributed by atoms with E-state index in [9.17, 15) is 5.11 Å². The van der Waals surface area contributed by atoms with Crippen LogP contribution in [0.2, 0.25) is 0 Å². The van der Waals surface area contributed by atoms with Crippen LogP contribution in [0.5, 0.6) is 5.75 Å². The molecular weight excluding hydrogens is 250 g/mol. The van der Waals surface area contributed by atoms with Crippen molar-refractivity contribution in [2.75, 3.05) is 20.2 Å². The van der Waals surface area contributed by atoms with Crippen molar-refractivity contribution in [1.82, 2.24) is 4.90 Å². The van der Waals surface area contributed by atoms with Gasteiger partial charge in [-0.2, -0.15) is 0 Å². The first kappa shape index (κ1) is 12.4. The van der Waals surface area contributed by atoms with Crippen molar-refractivity contribution in [2.45, 2.75) is 37.3 Å². The van der Waals surface area contributed by atoms with Crippen molar-refractivity contribution in [3.8, 4) is 5.75 Å². The second kappa shape index (κ2) is 4.34. The fourth-order valence-corrected chi connectivity index (χ4v) is 4.43. The van der Waals surface area contributed by atoms with Crippen molar-refractivity contribution in [3.05, 3.63) is 41.0 Å². The van der Waals surface area contributed by atoms with E-state index in [0.717, 1.165) is 38.8 Å². The standard InChI is InChI=1S/C17H21NO2/c1-20-15-5-3-13-7-9-18-8-6-12-2-4-14(19)10-16(12)17(13,18)11-15/h2-4,10,15,19H,5-9,11H2,1H3/t15-,17?/m0/s1. The molecule has 1 saturated heterocycles. The first-order valence-corrected chi connectivity index (χ1v) is 7.54. The van der Waals surface area contributed by atoms with Crippen molar-refractivity contribution < 1.29 is 9.84 Å². The average molecular weight is 271 g/mol. The molecule has 3 aliphatic rings. The zero-order valence-electron chi connectivity index (χ0n) is 11.9. The largest absolute Gasteiger partial charge is 0.508 e. The summed E-state index contributed by atoms with van der Waals surface area (Å²) in [4.78, 5) is 2.60. The normalized spacial score (nSPS) is 32.2. The van der Waals surface area contributed by atoms with Crippen LogP contribution in [-0.2, 0) is 16.7 Å². The lowest BCUT2D eigenvalue weighted by atomic mass is 9.71. The van der Waals surface area contributed by atoms with Crippen molar-refractivity contribution in [3.63, 3.8) is 0 Å². The lowest BCUT2D eigenvalue weighted by molar-refractivity contribution is 0.0290. The van der Waals surface area contributed by atoms with Gasteiger partial charge in [0, 0.05) is 26.6 Å². The molecular formula is C17H21NO2. The van der Waals surface area contributed by atoms with E-state index in [2.05, 4.69) is 17.0 Å². The predicted molar refractivity (Wildman–Crippen MR) is 77.8 cm³/mol. The number of phenolic OH excluding ortho intramolecular Hbond substituents is 1. The smallest absolute Gasteiger partial charge is 0.115 e. The summed E-state index contributed by atoms with van der Waals surface area (Å²) < 4.78 is 5.65. The van der Waals surface area contributed by atoms with Crippen molar-refractivity contribution in [1.29, 1.82) is 0 Å². The fourth-order valence-electron chi connectivity index (χ4n) is 4.43. The molecule has 0 aromatic heterocycles. The Morgan fingerprint density at radius 3 is 3.00 bits per heavy atom. The van der Waals surface area contributed by atoms with Gasteiger partial charge in [0.25, 0.3) is 0 Å². The number of benzene rings is 1. The molecule has 1 unspecified atom stereocenters. The predicted octanol–water partition coefficient (Wildman–Crippen LogP) is 2.58. The number of methoxy groups -OCH3 is 1. The quantitative estimate of drug-likeness (QED) is 0.797. The van der Waals surface area contributed by atoms with Gasteiger partial charge in [-0.3, -0.25) is 4.90 Å². The molecule has 1 aromatic rings. The lowest BCUT2D eigenvalue weighted by Crippen LogP contribution is -2.50. The van der Waals surface area contributed by atoms with Crippen LogP contribution in [0.3, 0.4) is 0 Å². The Labute approximate surface area is 119 Å². The maximum atomic E-state index is 9.95. The fraction of sp³-hybridized carbons (Fsp3) is 0.529. The molecule has 0 amide bonds. The summed E-state index contributed by atoms with van der Waals surface area (Å²) in [6.07, 6.45) is 6.96. The highest BCUT2D eigenvalue weighted by molar-refractivity contribution is 5.49. The number of hydrogen-bond acceptors (Lipinski definition) is 3. The molecule has 1 N–H and O–H groups in total. The van der Waals surface area contributed by atoms with E-state index in [-0.39, 0.29) is 11.6 Å². The Balaban J connectivity index is 1.91. The molecule has 20 heavy (non-hydrogen) atoms. The van der Waals surface area contributed by atoms with Gasteiger partial charge in [0.2, 0.25) is 0 Å². The summed E-state index contributed by atoms with van der Waals surface area (Å²) in [5.74, 6) is 0.380. The second-order valence-corrected chi connectivity index (χ2v) is 6.22. The highest BCUT2D eigenvalue weighted by Crippen LogP contribution is 2.53. The maximum absolute atomic E-state index is 9.95. The highest BCUT2D eigenvalue weighted by Gasteiger charge is 2.51. The Bertz CT molecular complexity index is 580. The summed E-state index contributed by atoms with van der Waals surface area (Å²) in [5.41, 5.74) is 4.24. The summed E-state index contributed by atoms with van der Waals surface area (Å²) in [6.45, 7) is 2.25. The van der Waals surface area contributed by atoms with Gasteiger partial charge in [-0.1, -0.05) is 12.1 Å². The van der Waals surface area contributed by atoms with E-state index in [4.69, 9.17) is 4.74 Å². The molecule has 1 fully saturated rings. The minimum atomic E-state index is -0.00868. The van der Waals surface area contributed by atoms with Gasteiger partial charge in [0.05, 0.1) is 11.6 Å². The van der Waals surface area contributed by atoms with Gasteiger partial charge in [-0.05, 0) is 48.1 Å². The van der Waals surface area contributed by atoms with E-state index in [1.54, 1.807) is 0 Å². The minimum Gasteiger partial charge on any atom is -0.508 e. The number of fused-ring (bicyclic) bond motifs is 1. The summed E-state index contributed by atoms with van der Waals surface area (Å²) >= 11 is 0. The summed E-state index contributed by atoms with van der Waals surface area (Å²) in [7, 11) is 1.81. The molecule has 2 heterocycles. The average Bonchev–Trinajstić information content (AvgIpc) is 2.86. The van der Waals surface area contributed by atoms with Gasteiger partial charge in [0.15, 0.2) is 0 Å². The van der Waals surface area contributed by atoms with Crippen LogP contribution in [0.25, 0.3) is 0 Å². The van der Waals surface area contributed by atoms with Gasteiger partial charge in [0.1, 0.15) is 5.75 Å². The van der Waals surface area contributed by atoms with E-state index >= 15 is 0 Å². The molecule has 2 aliphatic heterocycles. The van der Waals surface area contributed by atoms with Crippen LogP contribution < -0.4 is 0 Å². The molecule has 4 rings (SSSR count). The molecule has 0 radical (unpaired) electrons. The SMILES string of the molecule is CO[C@H]1CC=C2CCN3CCc4ccc(O)cc4C23C1. The first-order valence-electron chi connectivity index (χ1n) is 7.54. The third kappa shape index (κ3) is 1.54. The molecule has 0 saturated carbocycles. The number of hydrogen-bond donors (Lipinski definition) is 1. The Hall–Kier alpha value is -1.32. The molecule has 1 aliphatic carbocycles. The summed E-state index contributed by atoms with van der Waals surface area (Å²) in [6, 6.07) is 5.90. The van der Waals surface area contributed by atoms with E-state index in [1.165, 1.54) is 16.7 Å². The van der Waals surface area contributed by atoms with E-state index < -0.39 is 0 Å². The third-order valence-corrected chi connectivity index (χ3v) is 5.40. The van der Waals surface area contributed by atoms with Crippen molar-refractivity contribution in [2.24, 2.45) is 0 Å². The van der Waals surface area contributed by atoms with Crippen LogP contribution in [-0.4, -0.2) is 36.3 Å². The molecule has 0 bridgehead atoms. The second-order valence-electron chi connectivity index (χ2n) is 6.22. The number of ether oxygens (including phenoxy) is 1. The number of nitrogens with zero attached hydrogens (tertiary/aromatic N) is 1. The first-order chi connectivity index (χ1) is 9.74. The number of rotatable bonds is 1. The monoisotopic (exact) mass is 271 g/mol. The van der Waals surface area contributed by atoms with E-state index in [1.807, 2.05) is 19.2 Å². The van der Waals surface area contributed by atoms with Crippen LogP contribution in [0.1, 0.15) is 30.4 Å². The van der Waals surface area contributed by atoms with Gasteiger partial charge in [-0.25, -0.2) is 0 Å². The zero-order valence-corrected chi connectivity index (χ0v) is 11.9. The van der Waals surface area contributed by atoms with Crippen LogP contribution in [0.15, 0.2) is 29.8 Å². The van der Waals surface area contributed by atoms with Crippen LogP contribution in [0, 0.1) is 0 Å². The number of phenols is 1. The Morgan fingerprint density at radius 2 is 2.15 bits per heavy atom. The minimum absolute atomic E-state index is 0.00868. The third-order valence-electron chi connectivity index (χ3n) is 5.40. The molecule has 3 nitrogen and oxygen atoms in total. The van der Waals surface area contributed by atoms with Gasteiger partial charge in [-0.15, -0.1) is 0 Å². The van der Waals surface area contributed by atoms with Gasteiger partial charge >= 0.3 is 0 Å². The van der Waals surface area contributed by atoms with Gasteiger partial charge < -0.3 is 9.84 Å². The molecule has 3 heteroatoms. The molecule has 1 spiro atoms. The van der Waals surface area contributed by atoms with Crippen LogP contribution in [0.4, 0.5) is 0 Å². The maximum Gasteiger partial charge on any atom is 0.115 e. The molecule has 106 valence electrons. The van der Waals surface area contributed by atoms with E-state index in [0.29, 0.717) is 5.75 Å². The molecule has 2 atom stereocenters. The Kier molecular flexibility index (Phi) is 2.69. The highest BCUT2D eigenvalue weighted by atomic mass is 16.5. The topological polar surface area (TPSA) is 32.7 Å². The Morgan fingerprint density at radius 1 is 1.30 bits per heavy atom.